The molecule has 0 fully saturated rings. The molecular formula is C15H26ClN3O3S. The first-order valence-electron chi connectivity index (χ1n) is 7.20. The number of benzene rings is 1. The first-order chi connectivity index (χ1) is 10.1. The Morgan fingerprint density at radius 3 is 2.39 bits per heavy atom. The molecule has 6 nitrogen and oxygen atoms in total. The van der Waals surface area contributed by atoms with Gasteiger partial charge in [0.2, 0.25) is 15.9 Å². The summed E-state index contributed by atoms with van der Waals surface area (Å²) in [4.78, 5) is 12.3. The molecule has 1 unspecified atom stereocenters. The minimum Gasteiger partial charge on any atom is -0.350 e. The molecule has 1 aromatic carbocycles. The van der Waals surface area contributed by atoms with E-state index in [1.165, 1.54) is 20.2 Å². The van der Waals surface area contributed by atoms with Crippen molar-refractivity contribution in [1.29, 1.82) is 0 Å². The van der Waals surface area contributed by atoms with Gasteiger partial charge < -0.3 is 11.1 Å². The van der Waals surface area contributed by atoms with Gasteiger partial charge in [0.25, 0.3) is 0 Å². The number of rotatable bonds is 7. The molecule has 0 aliphatic heterocycles. The number of hydrogen-bond acceptors (Lipinski definition) is 4. The van der Waals surface area contributed by atoms with Crippen LogP contribution in [0.2, 0.25) is 0 Å². The lowest BCUT2D eigenvalue weighted by molar-refractivity contribution is -0.126. The summed E-state index contributed by atoms with van der Waals surface area (Å²) in [5.41, 5.74) is 5.55. The first-order valence-corrected chi connectivity index (χ1v) is 8.64. The van der Waals surface area contributed by atoms with Crippen LogP contribution in [0.1, 0.15) is 32.3 Å². The zero-order valence-corrected chi connectivity index (χ0v) is 15.6. The van der Waals surface area contributed by atoms with Crippen molar-refractivity contribution in [3.63, 3.8) is 0 Å². The molecule has 0 aliphatic carbocycles. The van der Waals surface area contributed by atoms with E-state index in [1.807, 2.05) is 6.92 Å². The smallest absolute Gasteiger partial charge is 0.242 e. The van der Waals surface area contributed by atoms with Crippen molar-refractivity contribution in [2.24, 2.45) is 5.73 Å². The largest absolute Gasteiger partial charge is 0.350 e. The molecule has 0 radical (unpaired) electrons. The number of carbonyl (C=O) groups is 1. The quantitative estimate of drug-likeness (QED) is 0.767. The molecule has 3 N–H and O–H groups in total. The van der Waals surface area contributed by atoms with E-state index < -0.39 is 15.6 Å². The van der Waals surface area contributed by atoms with Gasteiger partial charge in [-0.05, 0) is 25.0 Å². The zero-order valence-electron chi connectivity index (χ0n) is 14.0. The highest BCUT2D eigenvalue weighted by Gasteiger charge is 2.27. The van der Waals surface area contributed by atoms with E-state index in [4.69, 9.17) is 5.73 Å². The number of hydrogen-bond donors (Lipinski definition) is 2. The molecule has 23 heavy (non-hydrogen) atoms. The summed E-state index contributed by atoms with van der Waals surface area (Å²) in [5, 5.41) is 2.73. The molecule has 0 saturated heterocycles. The molecule has 1 amide bonds. The third-order valence-electron chi connectivity index (χ3n) is 3.46. The van der Waals surface area contributed by atoms with Gasteiger partial charge in [-0.3, -0.25) is 4.79 Å². The van der Waals surface area contributed by atoms with Gasteiger partial charge >= 0.3 is 0 Å². The van der Waals surface area contributed by atoms with Crippen LogP contribution in [0.25, 0.3) is 0 Å². The summed E-state index contributed by atoms with van der Waals surface area (Å²) in [6, 6.07) is 6.62. The summed E-state index contributed by atoms with van der Waals surface area (Å²) in [6.45, 7) is 3.75. The fraction of sp³-hybridized carbons (Fsp3) is 0.533. The van der Waals surface area contributed by atoms with Gasteiger partial charge in [0.05, 0.1) is 10.4 Å². The van der Waals surface area contributed by atoms with E-state index in [0.717, 1.165) is 10.7 Å². The minimum atomic E-state index is -3.55. The lowest BCUT2D eigenvalue weighted by Gasteiger charge is -2.23. The Bertz CT molecular complexity index is 631. The average molecular weight is 364 g/mol. The topological polar surface area (TPSA) is 92.5 Å². The van der Waals surface area contributed by atoms with Gasteiger partial charge in [-0.15, -0.1) is 12.4 Å². The van der Waals surface area contributed by atoms with E-state index in [0.29, 0.717) is 12.0 Å². The van der Waals surface area contributed by atoms with Crippen LogP contribution in [0, 0.1) is 0 Å². The second-order valence-electron chi connectivity index (χ2n) is 5.75. The van der Waals surface area contributed by atoms with Gasteiger partial charge in [0.15, 0.2) is 0 Å². The summed E-state index contributed by atoms with van der Waals surface area (Å²) in [7, 11) is -0.600. The number of nitrogens with zero attached hydrogens (tertiary/aromatic N) is 1. The second-order valence-corrected chi connectivity index (χ2v) is 7.87. The van der Waals surface area contributed by atoms with Crippen LogP contribution >= 0.6 is 12.4 Å². The van der Waals surface area contributed by atoms with Gasteiger partial charge in [-0.25, -0.2) is 12.7 Å². The monoisotopic (exact) mass is 363 g/mol. The molecule has 0 spiro atoms. The second kappa shape index (κ2) is 8.63. The van der Waals surface area contributed by atoms with Crippen molar-refractivity contribution < 1.29 is 13.2 Å². The van der Waals surface area contributed by atoms with Crippen LogP contribution in [0.15, 0.2) is 29.2 Å². The molecule has 0 aromatic heterocycles. The van der Waals surface area contributed by atoms with Crippen molar-refractivity contribution >= 4 is 28.3 Å². The lowest BCUT2D eigenvalue weighted by Crippen LogP contribution is -2.51. The SMILES string of the molecule is CCCC(C)(N)C(=O)NCc1ccccc1S(=O)(=O)N(C)C.Cl. The highest BCUT2D eigenvalue weighted by atomic mass is 35.5. The van der Waals surface area contributed by atoms with E-state index in [9.17, 15) is 13.2 Å². The zero-order chi connectivity index (χ0) is 17.0. The van der Waals surface area contributed by atoms with E-state index in [-0.39, 0.29) is 29.8 Å². The summed E-state index contributed by atoms with van der Waals surface area (Å²) < 4.78 is 25.7. The number of nitrogens with two attached hydrogens (primary N) is 1. The van der Waals surface area contributed by atoms with Crippen LogP contribution in [0.4, 0.5) is 0 Å². The van der Waals surface area contributed by atoms with Crippen LogP contribution < -0.4 is 11.1 Å². The predicted octanol–water partition coefficient (Wildman–Crippen LogP) is 1.49. The molecule has 1 atom stereocenters. The maximum absolute atomic E-state index is 12.3. The molecule has 1 aromatic rings. The van der Waals surface area contributed by atoms with Gasteiger partial charge in [-0.2, -0.15) is 0 Å². The van der Waals surface area contributed by atoms with Crippen molar-refractivity contribution in [3.05, 3.63) is 29.8 Å². The molecule has 1 rings (SSSR count). The summed E-state index contributed by atoms with van der Waals surface area (Å²) >= 11 is 0. The van der Waals surface area contributed by atoms with Crippen LogP contribution in [-0.4, -0.2) is 38.3 Å². The molecule has 0 bridgehead atoms. The lowest BCUT2D eigenvalue weighted by atomic mass is 9.96. The van der Waals surface area contributed by atoms with Gasteiger partial charge in [0, 0.05) is 20.6 Å². The van der Waals surface area contributed by atoms with E-state index in [2.05, 4.69) is 5.32 Å². The molecule has 132 valence electrons. The Labute approximate surface area is 144 Å². The molecule has 0 aliphatic rings. The van der Waals surface area contributed by atoms with Crippen LogP contribution in [0.5, 0.6) is 0 Å². The predicted molar refractivity (Wildman–Crippen MR) is 93.9 cm³/mol. The Kier molecular flexibility index (Phi) is 8.20. The Morgan fingerprint density at radius 1 is 1.30 bits per heavy atom. The maximum Gasteiger partial charge on any atom is 0.242 e. The highest BCUT2D eigenvalue weighted by Crippen LogP contribution is 2.18. The van der Waals surface area contributed by atoms with Crippen molar-refractivity contribution in [2.45, 2.75) is 43.7 Å². The van der Waals surface area contributed by atoms with Crippen LogP contribution in [-0.2, 0) is 21.4 Å². The minimum absolute atomic E-state index is 0. The standard InChI is InChI=1S/C15H25N3O3S.ClH/c1-5-10-15(2,16)14(19)17-11-12-8-6-7-9-13(12)22(20,21)18(3)4;/h6-9H,5,10-11,16H2,1-4H3,(H,17,19);1H. The summed E-state index contributed by atoms with van der Waals surface area (Å²) in [5.74, 6) is -0.286. The third-order valence-corrected chi connectivity index (χ3v) is 5.37. The van der Waals surface area contributed by atoms with Crippen molar-refractivity contribution in [2.75, 3.05) is 14.1 Å². The van der Waals surface area contributed by atoms with E-state index >= 15 is 0 Å². The van der Waals surface area contributed by atoms with Crippen LogP contribution in [0.3, 0.4) is 0 Å². The summed E-state index contributed by atoms with van der Waals surface area (Å²) in [6.07, 6.45) is 1.36. The Balaban J connectivity index is 0.00000484. The Morgan fingerprint density at radius 2 is 1.87 bits per heavy atom. The fourth-order valence-electron chi connectivity index (χ4n) is 2.11. The van der Waals surface area contributed by atoms with Gasteiger partial charge in [0.1, 0.15) is 0 Å². The average Bonchev–Trinajstić information content (AvgIpc) is 2.44. The number of carbonyl (C=O) groups excluding carboxylic acids is 1. The third kappa shape index (κ3) is 5.46. The molecule has 0 heterocycles. The van der Waals surface area contributed by atoms with Crippen molar-refractivity contribution in [3.8, 4) is 0 Å². The molecule has 0 saturated carbocycles. The normalized spacial score (nSPS) is 14.0. The molecule has 8 heteroatoms. The Hall–Kier alpha value is -1.15. The first kappa shape index (κ1) is 21.9. The number of nitrogens with one attached hydrogen (secondary N) is 1. The number of sulfonamides is 1. The fourth-order valence-corrected chi connectivity index (χ4v) is 3.22. The number of halogens is 1. The molecular weight excluding hydrogens is 338 g/mol. The maximum atomic E-state index is 12.3. The van der Waals surface area contributed by atoms with Gasteiger partial charge in [-0.1, -0.05) is 31.5 Å². The highest BCUT2D eigenvalue weighted by molar-refractivity contribution is 7.89. The van der Waals surface area contributed by atoms with Crippen molar-refractivity contribution in [1.82, 2.24) is 9.62 Å². The number of amides is 1. The van der Waals surface area contributed by atoms with E-state index in [1.54, 1.807) is 25.1 Å².